The molecule has 0 bridgehead atoms. The van der Waals surface area contributed by atoms with Gasteiger partial charge in [-0.25, -0.2) is 0 Å². The van der Waals surface area contributed by atoms with Crippen LogP contribution >= 0.6 is 0 Å². The summed E-state index contributed by atoms with van der Waals surface area (Å²) in [7, 11) is 3.02. The number of hydrogen-bond acceptors (Lipinski definition) is 4. The molecule has 1 atom stereocenters. The fourth-order valence-electron chi connectivity index (χ4n) is 1.28. The first kappa shape index (κ1) is 15.9. The predicted molar refractivity (Wildman–Crippen MR) is 61.7 cm³/mol. The maximum atomic E-state index is 11.5. The van der Waals surface area contributed by atoms with Crippen molar-refractivity contribution in [3.05, 3.63) is 0 Å². The first-order valence-corrected chi connectivity index (χ1v) is 5.51. The largest absolute Gasteiger partial charge is 0.480 e. The molecule has 0 radical (unpaired) electrons. The number of ether oxygens (including phenoxy) is 2. The third-order valence-electron chi connectivity index (χ3n) is 2.58. The summed E-state index contributed by atoms with van der Waals surface area (Å²) in [5.74, 6) is -1.65. The molecule has 17 heavy (non-hydrogen) atoms. The van der Waals surface area contributed by atoms with Crippen molar-refractivity contribution in [2.45, 2.75) is 19.8 Å². The van der Waals surface area contributed by atoms with E-state index in [1.165, 1.54) is 14.0 Å². The second-order valence-corrected chi connectivity index (χ2v) is 3.93. The quantitative estimate of drug-likeness (QED) is 0.451. The Balaban J connectivity index is 4.03. The zero-order valence-corrected chi connectivity index (χ0v) is 10.6. The highest BCUT2D eigenvalue weighted by molar-refractivity contribution is 6.01. The lowest BCUT2D eigenvalue weighted by Crippen LogP contribution is -2.43. The number of carbonyl (C=O) groups excluding carboxylic acids is 1. The summed E-state index contributed by atoms with van der Waals surface area (Å²) in [4.78, 5) is 22.5. The van der Waals surface area contributed by atoms with Crippen LogP contribution in [0.2, 0.25) is 0 Å². The molecule has 6 heteroatoms. The number of hydrogen-bond donors (Lipinski definition) is 2. The fraction of sp³-hybridized carbons (Fsp3) is 0.818. The Morgan fingerprint density at radius 3 is 2.41 bits per heavy atom. The fourth-order valence-corrected chi connectivity index (χ4v) is 1.28. The Morgan fingerprint density at radius 1 is 1.29 bits per heavy atom. The van der Waals surface area contributed by atoms with Gasteiger partial charge in [0.2, 0.25) is 5.91 Å². The van der Waals surface area contributed by atoms with Gasteiger partial charge in [0.05, 0.1) is 0 Å². The van der Waals surface area contributed by atoms with Crippen molar-refractivity contribution >= 4 is 11.9 Å². The van der Waals surface area contributed by atoms with Crippen LogP contribution in [-0.4, -0.2) is 51.0 Å². The number of aliphatic carboxylic acids is 1. The van der Waals surface area contributed by atoms with E-state index in [2.05, 4.69) is 5.32 Å². The minimum atomic E-state index is -1.43. The topological polar surface area (TPSA) is 84.9 Å². The molecule has 1 amide bonds. The second kappa shape index (κ2) is 8.03. The summed E-state index contributed by atoms with van der Waals surface area (Å²) in [5.41, 5.74) is -1.43. The summed E-state index contributed by atoms with van der Waals surface area (Å²) in [6.45, 7) is 2.73. The number of nitrogens with one attached hydrogen (secondary N) is 1. The number of amides is 1. The van der Waals surface area contributed by atoms with Crippen molar-refractivity contribution in [2.75, 3.05) is 34.0 Å². The molecule has 0 rings (SSSR count). The molecule has 0 fully saturated rings. The number of carboxylic acids is 1. The monoisotopic (exact) mass is 247 g/mol. The highest BCUT2D eigenvalue weighted by Gasteiger charge is 2.40. The zero-order valence-electron chi connectivity index (χ0n) is 10.6. The van der Waals surface area contributed by atoms with E-state index in [4.69, 9.17) is 14.6 Å². The molecule has 0 spiro atoms. The van der Waals surface area contributed by atoms with Gasteiger partial charge >= 0.3 is 5.97 Å². The van der Waals surface area contributed by atoms with Crippen LogP contribution in [-0.2, 0) is 19.1 Å². The molecule has 0 aliphatic rings. The van der Waals surface area contributed by atoms with Gasteiger partial charge in [-0.2, -0.15) is 0 Å². The van der Waals surface area contributed by atoms with Crippen molar-refractivity contribution in [1.29, 1.82) is 0 Å². The van der Waals surface area contributed by atoms with Gasteiger partial charge in [-0.05, 0) is 19.8 Å². The number of carbonyl (C=O) groups is 2. The van der Waals surface area contributed by atoms with Crippen molar-refractivity contribution in [2.24, 2.45) is 5.41 Å². The van der Waals surface area contributed by atoms with Crippen LogP contribution in [0, 0.1) is 5.41 Å². The molecule has 0 aromatic heterocycles. The summed E-state index contributed by atoms with van der Waals surface area (Å²) in [6.07, 6.45) is 0.898. The van der Waals surface area contributed by atoms with Crippen LogP contribution in [0.15, 0.2) is 0 Å². The van der Waals surface area contributed by atoms with Gasteiger partial charge in [0, 0.05) is 34.0 Å². The third-order valence-corrected chi connectivity index (χ3v) is 2.58. The van der Waals surface area contributed by atoms with E-state index >= 15 is 0 Å². The molecule has 100 valence electrons. The van der Waals surface area contributed by atoms with Crippen molar-refractivity contribution < 1.29 is 24.2 Å². The molecule has 0 aromatic rings. The Labute approximate surface area is 101 Å². The summed E-state index contributed by atoms with van der Waals surface area (Å²) >= 11 is 0. The van der Waals surface area contributed by atoms with E-state index in [1.54, 1.807) is 7.11 Å². The highest BCUT2D eigenvalue weighted by Crippen LogP contribution is 2.22. The summed E-state index contributed by atoms with van der Waals surface area (Å²) in [5, 5.41) is 11.4. The maximum absolute atomic E-state index is 11.5. The molecule has 0 saturated heterocycles. The molecule has 0 aliphatic carbocycles. The molecular weight excluding hydrogens is 226 g/mol. The van der Waals surface area contributed by atoms with Crippen LogP contribution in [0.5, 0.6) is 0 Å². The predicted octanol–water partition coefficient (Wildman–Crippen LogP) is 0.266. The average molecular weight is 247 g/mol. The maximum Gasteiger partial charge on any atom is 0.319 e. The van der Waals surface area contributed by atoms with Gasteiger partial charge in [0.25, 0.3) is 0 Å². The standard InChI is InChI=1S/C11H21NO5/c1-11(10(14)15,9(13)12-2)5-8-17-7-4-6-16-3/h4-8H2,1-3H3,(H,12,13)(H,14,15). The number of carboxylic acid groups (broad SMARTS) is 1. The molecule has 0 saturated carbocycles. The normalized spacial score (nSPS) is 14.1. The SMILES string of the molecule is CNC(=O)C(C)(CCOCCCOC)C(=O)O. The summed E-state index contributed by atoms with van der Waals surface area (Å²) < 4.78 is 10.1. The molecule has 6 nitrogen and oxygen atoms in total. The van der Waals surface area contributed by atoms with E-state index < -0.39 is 17.3 Å². The lowest BCUT2D eigenvalue weighted by Gasteiger charge is -2.22. The zero-order chi connectivity index (χ0) is 13.3. The van der Waals surface area contributed by atoms with Crippen molar-refractivity contribution in [3.63, 3.8) is 0 Å². The molecule has 0 aromatic carbocycles. The van der Waals surface area contributed by atoms with Gasteiger partial charge in [0.15, 0.2) is 0 Å². The van der Waals surface area contributed by atoms with Crippen LogP contribution < -0.4 is 5.32 Å². The van der Waals surface area contributed by atoms with Crippen molar-refractivity contribution in [3.8, 4) is 0 Å². The minimum Gasteiger partial charge on any atom is -0.480 e. The van der Waals surface area contributed by atoms with Crippen LogP contribution in [0.3, 0.4) is 0 Å². The third kappa shape index (κ3) is 5.14. The van der Waals surface area contributed by atoms with E-state index in [1.807, 2.05) is 0 Å². The van der Waals surface area contributed by atoms with Gasteiger partial charge in [-0.3, -0.25) is 9.59 Å². The van der Waals surface area contributed by atoms with Gasteiger partial charge in [0.1, 0.15) is 5.41 Å². The first-order chi connectivity index (χ1) is 7.99. The Morgan fingerprint density at radius 2 is 1.94 bits per heavy atom. The second-order valence-electron chi connectivity index (χ2n) is 3.93. The molecular formula is C11H21NO5. The van der Waals surface area contributed by atoms with Crippen LogP contribution in [0.4, 0.5) is 0 Å². The Kier molecular flexibility index (Phi) is 7.49. The lowest BCUT2D eigenvalue weighted by atomic mass is 9.86. The first-order valence-electron chi connectivity index (χ1n) is 5.51. The average Bonchev–Trinajstić information content (AvgIpc) is 2.31. The highest BCUT2D eigenvalue weighted by atomic mass is 16.5. The number of methoxy groups -OCH3 is 1. The smallest absolute Gasteiger partial charge is 0.319 e. The molecule has 1 unspecified atom stereocenters. The van der Waals surface area contributed by atoms with Crippen LogP contribution in [0.1, 0.15) is 19.8 Å². The lowest BCUT2D eigenvalue weighted by molar-refractivity contribution is -0.155. The number of rotatable bonds is 9. The minimum absolute atomic E-state index is 0.148. The van der Waals surface area contributed by atoms with Crippen molar-refractivity contribution in [1.82, 2.24) is 5.32 Å². The Hall–Kier alpha value is -1.14. The van der Waals surface area contributed by atoms with Gasteiger partial charge in [-0.15, -0.1) is 0 Å². The van der Waals surface area contributed by atoms with Gasteiger partial charge in [-0.1, -0.05) is 0 Å². The van der Waals surface area contributed by atoms with E-state index in [9.17, 15) is 9.59 Å². The molecule has 2 N–H and O–H groups in total. The molecule has 0 aliphatic heterocycles. The Bertz CT molecular complexity index is 256. The van der Waals surface area contributed by atoms with Crippen LogP contribution in [0.25, 0.3) is 0 Å². The van der Waals surface area contributed by atoms with Gasteiger partial charge < -0.3 is 19.9 Å². The molecule has 0 heterocycles. The van der Waals surface area contributed by atoms with E-state index in [0.29, 0.717) is 13.2 Å². The summed E-state index contributed by atoms with van der Waals surface area (Å²) in [6, 6.07) is 0. The van der Waals surface area contributed by atoms with E-state index in [0.717, 1.165) is 6.42 Å². The van der Waals surface area contributed by atoms with E-state index in [-0.39, 0.29) is 13.0 Å².